The van der Waals surface area contributed by atoms with Gasteiger partial charge in [-0.3, -0.25) is 0 Å². The molecule has 0 unspecified atom stereocenters. The van der Waals surface area contributed by atoms with Crippen LogP contribution < -0.4 is 0 Å². The van der Waals surface area contributed by atoms with E-state index in [0.29, 0.717) is 5.92 Å². The van der Waals surface area contributed by atoms with Gasteiger partial charge < -0.3 is 9.31 Å². The van der Waals surface area contributed by atoms with Crippen LogP contribution in [0.5, 0.6) is 0 Å². The molecule has 78 valence electrons. The van der Waals surface area contributed by atoms with Crippen molar-refractivity contribution < 1.29 is 9.31 Å². The second-order valence-corrected chi connectivity index (χ2v) is 5.44. The number of rotatable bonds is 2. The predicted octanol–water partition coefficient (Wildman–Crippen LogP) is 2.58. The molecule has 1 aliphatic carbocycles. The highest BCUT2D eigenvalue weighted by Gasteiger charge is 2.53. The summed E-state index contributed by atoms with van der Waals surface area (Å²) in [4.78, 5) is 0. The molecule has 0 atom stereocenters. The molecular formula is C11H19BO2. The summed E-state index contributed by atoms with van der Waals surface area (Å²) in [5.41, 5.74) is 0.675. The van der Waals surface area contributed by atoms with Crippen molar-refractivity contribution in [2.45, 2.75) is 51.7 Å². The van der Waals surface area contributed by atoms with Crippen LogP contribution in [0, 0.1) is 5.92 Å². The van der Waals surface area contributed by atoms with Crippen molar-refractivity contribution in [3.8, 4) is 0 Å². The van der Waals surface area contributed by atoms with E-state index >= 15 is 0 Å². The van der Waals surface area contributed by atoms with E-state index < -0.39 is 0 Å². The molecule has 1 saturated carbocycles. The van der Waals surface area contributed by atoms with E-state index in [9.17, 15) is 0 Å². The first-order chi connectivity index (χ1) is 6.33. The Balaban J connectivity index is 2.09. The summed E-state index contributed by atoms with van der Waals surface area (Å²) in [7, 11) is -0.188. The van der Waals surface area contributed by atoms with Gasteiger partial charge in [0.15, 0.2) is 0 Å². The summed E-state index contributed by atoms with van der Waals surface area (Å²) in [6.45, 7) is 12.4. The molecule has 0 spiro atoms. The number of hydrogen-bond donors (Lipinski definition) is 0. The molecule has 0 radical (unpaired) electrons. The van der Waals surface area contributed by atoms with E-state index in [0.717, 1.165) is 5.47 Å². The van der Waals surface area contributed by atoms with E-state index in [4.69, 9.17) is 9.31 Å². The molecule has 1 saturated heterocycles. The smallest absolute Gasteiger partial charge is 0.400 e. The monoisotopic (exact) mass is 194 g/mol. The van der Waals surface area contributed by atoms with Crippen LogP contribution in [-0.2, 0) is 9.31 Å². The Morgan fingerprint density at radius 1 is 1.14 bits per heavy atom. The molecule has 1 heterocycles. The maximum atomic E-state index is 5.91. The summed E-state index contributed by atoms with van der Waals surface area (Å²) in [6.07, 6.45) is 2.51. The molecule has 0 bridgehead atoms. The molecule has 2 rings (SSSR count). The van der Waals surface area contributed by atoms with Crippen molar-refractivity contribution in [3.63, 3.8) is 0 Å². The lowest BCUT2D eigenvalue weighted by atomic mass is 9.76. The van der Waals surface area contributed by atoms with Gasteiger partial charge in [0.1, 0.15) is 0 Å². The van der Waals surface area contributed by atoms with Crippen molar-refractivity contribution in [1.29, 1.82) is 0 Å². The third-order valence-electron chi connectivity index (χ3n) is 3.66. The van der Waals surface area contributed by atoms with Crippen LogP contribution in [0.4, 0.5) is 0 Å². The highest BCUT2D eigenvalue weighted by molar-refractivity contribution is 6.54. The molecule has 0 amide bonds. The second kappa shape index (κ2) is 2.86. The quantitative estimate of drug-likeness (QED) is 0.629. The maximum Gasteiger partial charge on any atom is 0.490 e. The summed E-state index contributed by atoms with van der Waals surface area (Å²) < 4.78 is 11.8. The van der Waals surface area contributed by atoms with Crippen molar-refractivity contribution in [2.24, 2.45) is 5.92 Å². The summed E-state index contributed by atoms with van der Waals surface area (Å²) in [5.74, 6) is 0.643. The summed E-state index contributed by atoms with van der Waals surface area (Å²) >= 11 is 0. The lowest BCUT2D eigenvalue weighted by Gasteiger charge is -2.32. The number of allylic oxidation sites excluding steroid dienone is 1. The van der Waals surface area contributed by atoms with Crippen LogP contribution in [0.25, 0.3) is 0 Å². The predicted molar refractivity (Wildman–Crippen MR) is 57.9 cm³/mol. The average molecular weight is 194 g/mol. The van der Waals surface area contributed by atoms with E-state index in [2.05, 4.69) is 34.3 Å². The fraction of sp³-hybridized carbons (Fsp3) is 0.818. The molecule has 3 heteroatoms. The zero-order valence-electron chi connectivity index (χ0n) is 9.59. The summed E-state index contributed by atoms with van der Waals surface area (Å²) in [6, 6.07) is 0. The molecule has 0 N–H and O–H groups in total. The maximum absolute atomic E-state index is 5.91. The molecule has 14 heavy (non-hydrogen) atoms. The van der Waals surface area contributed by atoms with Crippen LogP contribution >= 0.6 is 0 Å². The fourth-order valence-electron chi connectivity index (χ4n) is 1.64. The SMILES string of the molecule is C=C(B1OC(C)(C)C(C)(C)O1)C1CC1. The normalized spacial score (nSPS) is 29.3. The van der Waals surface area contributed by atoms with Crippen molar-refractivity contribution in [2.75, 3.05) is 0 Å². The molecule has 2 fully saturated rings. The Morgan fingerprint density at radius 3 is 1.93 bits per heavy atom. The fourth-order valence-corrected chi connectivity index (χ4v) is 1.64. The van der Waals surface area contributed by atoms with Crippen LogP contribution in [0.1, 0.15) is 40.5 Å². The van der Waals surface area contributed by atoms with Gasteiger partial charge in [-0.2, -0.15) is 0 Å². The Hall–Kier alpha value is -0.275. The van der Waals surface area contributed by atoms with E-state index in [1.54, 1.807) is 0 Å². The minimum atomic E-state index is -0.227. The van der Waals surface area contributed by atoms with E-state index in [-0.39, 0.29) is 18.3 Å². The van der Waals surface area contributed by atoms with Crippen LogP contribution in [0.2, 0.25) is 0 Å². The average Bonchev–Trinajstić information content (AvgIpc) is 2.79. The van der Waals surface area contributed by atoms with Crippen LogP contribution in [0.15, 0.2) is 12.1 Å². The van der Waals surface area contributed by atoms with E-state index in [1.807, 2.05) is 0 Å². The largest absolute Gasteiger partial charge is 0.490 e. The first kappa shape index (κ1) is 10.2. The van der Waals surface area contributed by atoms with Gasteiger partial charge in [0.25, 0.3) is 0 Å². The van der Waals surface area contributed by atoms with Gasteiger partial charge in [0.2, 0.25) is 0 Å². The molecule has 1 aliphatic heterocycles. The highest BCUT2D eigenvalue weighted by atomic mass is 16.7. The zero-order chi connectivity index (χ0) is 10.6. The highest BCUT2D eigenvalue weighted by Crippen LogP contribution is 2.44. The molecule has 0 aromatic heterocycles. The third-order valence-corrected chi connectivity index (χ3v) is 3.66. The van der Waals surface area contributed by atoms with Crippen molar-refractivity contribution >= 4 is 7.12 Å². The van der Waals surface area contributed by atoms with Gasteiger partial charge in [-0.05, 0) is 51.9 Å². The van der Waals surface area contributed by atoms with Crippen molar-refractivity contribution in [1.82, 2.24) is 0 Å². The number of hydrogen-bond acceptors (Lipinski definition) is 2. The topological polar surface area (TPSA) is 18.5 Å². The van der Waals surface area contributed by atoms with Gasteiger partial charge in [0.05, 0.1) is 11.2 Å². The van der Waals surface area contributed by atoms with Crippen LogP contribution in [0.3, 0.4) is 0 Å². The molecule has 0 aromatic rings. The molecule has 2 nitrogen and oxygen atoms in total. The lowest BCUT2D eigenvalue weighted by molar-refractivity contribution is 0.00578. The minimum absolute atomic E-state index is 0.188. The zero-order valence-corrected chi connectivity index (χ0v) is 9.59. The Bertz CT molecular complexity index is 250. The lowest BCUT2D eigenvalue weighted by Crippen LogP contribution is -2.41. The first-order valence-electron chi connectivity index (χ1n) is 5.38. The standard InChI is InChI=1S/C11H19BO2/c1-8(9-6-7-9)12-13-10(2,3)11(4,5)14-12/h9H,1,6-7H2,2-5H3. The second-order valence-electron chi connectivity index (χ2n) is 5.44. The van der Waals surface area contributed by atoms with Gasteiger partial charge in [-0.1, -0.05) is 0 Å². The van der Waals surface area contributed by atoms with Gasteiger partial charge in [0, 0.05) is 0 Å². The Kier molecular flexibility index (Phi) is 2.10. The third kappa shape index (κ3) is 1.53. The first-order valence-corrected chi connectivity index (χ1v) is 5.38. The van der Waals surface area contributed by atoms with E-state index in [1.165, 1.54) is 12.8 Å². The van der Waals surface area contributed by atoms with Gasteiger partial charge in [-0.15, -0.1) is 6.58 Å². The molecular weight excluding hydrogens is 175 g/mol. The minimum Gasteiger partial charge on any atom is -0.400 e. The Labute approximate surface area is 86.8 Å². The summed E-state index contributed by atoms with van der Waals surface area (Å²) in [5, 5.41) is 0. The van der Waals surface area contributed by atoms with Crippen molar-refractivity contribution in [3.05, 3.63) is 12.1 Å². The van der Waals surface area contributed by atoms with Crippen LogP contribution in [-0.4, -0.2) is 18.3 Å². The molecule has 2 aliphatic rings. The molecule has 0 aromatic carbocycles. The van der Waals surface area contributed by atoms with Gasteiger partial charge >= 0.3 is 7.12 Å². The van der Waals surface area contributed by atoms with Gasteiger partial charge in [-0.25, -0.2) is 0 Å². The Morgan fingerprint density at radius 2 is 1.57 bits per heavy atom.